The molecule has 0 spiro atoms. The van der Waals surface area contributed by atoms with E-state index < -0.39 is 5.60 Å². The Morgan fingerprint density at radius 3 is 2.71 bits per heavy atom. The van der Waals surface area contributed by atoms with Crippen molar-refractivity contribution in [1.29, 1.82) is 0 Å². The summed E-state index contributed by atoms with van der Waals surface area (Å²) in [6.45, 7) is 6.50. The highest BCUT2D eigenvalue weighted by Crippen LogP contribution is 2.20. The second kappa shape index (κ2) is 9.44. The second-order valence-electron chi connectivity index (χ2n) is 8.83. The molecule has 3 heterocycles. The van der Waals surface area contributed by atoms with Crippen LogP contribution in [-0.4, -0.2) is 88.8 Å². The van der Waals surface area contributed by atoms with Crippen molar-refractivity contribution in [3.63, 3.8) is 0 Å². The van der Waals surface area contributed by atoms with Crippen LogP contribution in [0, 0.1) is 0 Å². The van der Waals surface area contributed by atoms with Gasteiger partial charge in [-0.05, 0) is 51.2 Å². The molecule has 0 aliphatic carbocycles. The predicted octanol–water partition coefficient (Wildman–Crippen LogP) is 0.0870. The fraction of sp³-hybridized carbons (Fsp3) is 0.591. The molecule has 3 N–H and O–H groups in total. The number of carbonyl (C=O) groups is 1. The van der Waals surface area contributed by atoms with Gasteiger partial charge in [-0.3, -0.25) is 14.2 Å². The predicted molar refractivity (Wildman–Crippen MR) is 120 cm³/mol. The number of amides is 1. The molecule has 1 amide bonds. The summed E-state index contributed by atoms with van der Waals surface area (Å²) in [4.78, 5) is 34.2. The number of rotatable bonds is 6. The molecule has 9 nitrogen and oxygen atoms in total. The Morgan fingerprint density at radius 1 is 1.23 bits per heavy atom. The van der Waals surface area contributed by atoms with E-state index in [2.05, 4.69) is 32.5 Å². The molecule has 9 heteroatoms. The maximum absolute atomic E-state index is 12.9. The molecule has 0 atom stereocenters. The summed E-state index contributed by atoms with van der Waals surface area (Å²) in [6.07, 6.45) is 3.14. The zero-order valence-corrected chi connectivity index (χ0v) is 18.1. The van der Waals surface area contributed by atoms with Gasteiger partial charge < -0.3 is 25.5 Å². The molecule has 0 bridgehead atoms. The number of aromatic nitrogens is 2. The fourth-order valence-electron chi connectivity index (χ4n) is 4.27. The van der Waals surface area contributed by atoms with Crippen LogP contribution in [0.2, 0.25) is 0 Å². The molecular weight excluding hydrogens is 396 g/mol. The molecule has 168 valence electrons. The number of anilines is 1. The minimum absolute atomic E-state index is 0.0419. The summed E-state index contributed by atoms with van der Waals surface area (Å²) in [7, 11) is 2.11. The lowest BCUT2D eigenvalue weighted by Gasteiger charge is -2.32. The first kappa shape index (κ1) is 21.9. The Morgan fingerprint density at radius 2 is 1.97 bits per heavy atom. The van der Waals surface area contributed by atoms with Crippen molar-refractivity contribution in [1.82, 2.24) is 24.7 Å². The van der Waals surface area contributed by atoms with Gasteiger partial charge in [0.2, 0.25) is 5.91 Å². The molecule has 0 radical (unpaired) electrons. The topological polar surface area (TPSA) is 103 Å². The quantitative estimate of drug-likeness (QED) is 0.599. The van der Waals surface area contributed by atoms with Crippen LogP contribution in [0.3, 0.4) is 0 Å². The first-order valence-electron chi connectivity index (χ1n) is 11.0. The SMILES string of the molecule is CN1CCN(CCC(=O)Nc2ccc3c(=O)n(CC4(O)CCNCC4)cnc3c2)CC1. The maximum atomic E-state index is 12.9. The standard InChI is InChI=1S/C22H32N6O3/c1-26-10-12-27(13-11-26)9-4-20(29)25-17-2-3-18-19(14-17)24-16-28(21(18)30)15-22(31)5-7-23-8-6-22/h2-3,14,16,23,31H,4-13,15H2,1H3,(H,25,29). The van der Waals surface area contributed by atoms with Crippen LogP contribution in [-0.2, 0) is 11.3 Å². The Kier molecular flexibility index (Phi) is 6.66. The highest BCUT2D eigenvalue weighted by Gasteiger charge is 2.30. The molecule has 0 saturated carbocycles. The van der Waals surface area contributed by atoms with Gasteiger partial charge in [0.1, 0.15) is 0 Å². The average Bonchev–Trinajstić information content (AvgIpc) is 2.76. The van der Waals surface area contributed by atoms with Gasteiger partial charge in [0.25, 0.3) is 5.56 Å². The number of nitrogens with one attached hydrogen (secondary N) is 2. The normalized spacial score (nSPS) is 20.1. The molecule has 1 aromatic carbocycles. The summed E-state index contributed by atoms with van der Waals surface area (Å²) in [6, 6.07) is 5.17. The molecule has 31 heavy (non-hydrogen) atoms. The number of piperidine rings is 1. The van der Waals surface area contributed by atoms with Crippen molar-refractivity contribution in [2.24, 2.45) is 0 Å². The summed E-state index contributed by atoms with van der Waals surface area (Å²) in [5, 5.41) is 17.4. The average molecular weight is 429 g/mol. The van der Waals surface area contributed by atoms with Crippen molar-refractivity contribution < 1.29 is 9.90 Å². The van der Waals surface area contributed by atoms with Gasteiger partial charge in [0.05, 0.1) is 29.4 Å². The number of aliphatic hydroxyl groups is 1. The molecule has 2 fully saturated rings. The molecular formula is C22H32N6O3. The van der Waals surface area contributed by atoms with Gasteiger partial charge >= 0.3 is 0 Å². The number of piperazine rings is 1. The molecule has 4 rings (SSSR count). The Labute approximate surface area is 182 Å². The summed E-state index contributed by atoms with van der Waals surface area (Å²) >= 11 is 0. The first-order chi connectivity index (χ1) is 14.9. The summed E-state index contributed by atoms with van der Waals surface area (Å²) in [5.41, 5.74) is 0.111. The number of nitrogens with zero attached hydrogens (tertiary/aromatic N) is 4. The third kappa shape index (κ3) is 5.48. The van der Waals surface area contributed by atoms with Crippen LogP contribution in [0.4, 0.5) is 5.69 Å². The van der Waals surface area contributed by atoms with Gasteiger partial charge in [-0.25, -0.2) is 4.98 Å². The Bertz CT molecular complexity index is 977. The van der Waals surface area contributed by atoms with Crippen LogP contribution in [0.15, 0.2) is 29.3 Å². The van der Waals surface area contributed by atoms with E-state index in [4.69, 9.17) is 0 Å². The number of likely N-dealkylation sites (N-methyl/N-ethyl adjacent to an activating group) is 1. The van der Waals surface area contributed by atoms with Crippen LogP contribution in [0.5, 0.6) is 0 Å². The molecule has 2 aliphatic heterocycles. The van der Waals surface area contributed by atoms with Gasteiger partial charge in [-0.15, -0.1) is 0 Å². The highest BCUT2D eigenvalue weighted by atomic mass is 16.3. The smallest absolute Gasteiger partial charge is 0.261 e. The molecule has 1 aromatic heterocycles. The van der Waals surface area contributed by atoms with Crippen molar-refractivity contribution in [3.8, 4) is 0 Å². The lowest BCUT2D eigenvalue weighted by molar-refractivity contribution is -0.116. The van der Waals surface area contributed by atoms with Crippen molar-refractivity contribution in [2.45, 2.75) is 31.4 Å². The first-order valence-corrected chi connectivity index (χ1v) is 11.0. The third-order valence-corrected chi connectivity index (χ3v) is 6.36. The van der Waals surface area contributed by atoms with Gasteiger partial charge in [-0.2, -0.15) is 0 Å². The van der Waals surface area contributed by atoms with Crippen molar-refractivity contribution in [3.05, 3.63) is 34.9 Å². The number of carbonyl (C=O) groups excluding carboxylic acids is 1. The van der Waals surface area contributed by atoms with Crippen molar-refractivity contribution in [2.75, 3.05) is 58.2 Å². The zero-order chi connectivity index (χ0) is 21.8. The van der Waals surface area contributed by atoms with Gasteiger partial charge in [0, 0.05) is 44.8 Å². The number of hydrogen-bond donors (Lipinski definition) is 3. The number of benzene rings is 1. The molecule has 2 aromatic rings. The molecule has 2 aliphatic rings. The lowest BCUT2D eigenvalue weighted by Crippen LogP contribution is -2.46. The molecule has 0 unspecified atom stereocenters. The van der Waals surface area contributed by atoms with E-state index in [1.807, 2.05) is 0 Å². The highest BCUT2D eigenvalue weighted by molar-refractivity contribution is 5.93. The number of fused-ring (bicyclic) bond motifs is 1. The van der Waals surface area contributed by atoms with Crippen molar-refractivity contribution >= 4 is 22.5 Å². The van der Waals surface area contributed by atoms with E-state index in [9.17, 15) is 14.7 Å². The maximum Gasteiger partial charge on any atom is 0.261 e. The van der Waals surface area contributed by atoms with Crippen LogP contribution in [0.1, 0.15) is 19.3 Å². The Balaban J connectivity index is 1.39. The zero-order valence-electron chi connectivity index (χ0n) is 18.1. The molecule has 2 saturated heterocycles. The summed E-state index contributed by atoms with van der Waals surface area (Å²) < 4.78 is 1.49. The van der Waals surface area contributed by atoms with E-state index in [0.29, 0.717) is 35.9 Å². The fourth-order valence-corrected chi connectivity index (χ4v) is 4.27. The van der Waals surface area contributed by atoms with E-state index in [1.165, 1.54) is 10.9 Å². The minimum Gasteiger partial charge on any atom is -0.388 e. The lowest BCUT2D eigenvalue weighted by atomic mass is 9.92. The Hall–Kier alpha value is -2.33. The third-order valence-electron chi connectivity index (χ3n) is 6.36. The summed E-state index contributed by atoms with van der Waals surface area (Å²) in [5.74, 6) is -0.0419. The van der Waals surface area contributed by atoms with Crippen LogP contribution >= 0.6 is 0 Å². The van der Waals surface area contributed by atoms with E-state index in [1.54, 1.807) is 18.2 Å². The minimum atomic E-state index is -0.887. The second-order valence-corrected chi connectivity index (χ2v) is 8.83. The van der Waals surface area contributed by atoms with E-state index in [-0.39, 0.29) is 18.0 Å². The van der Waals surface area contributed by atoms with Gasteiger partial charge in [0.15, 0.2) is 0 Å². The monoisotopic (exact) mass is 428 g/mol. The van der Waals surface area contributed by atoms with Crippen LogP contribution < -0.4 is 16.2 Å². The van der Waals surface area contributed by atoms with Crippen LogP contribution in [0.25, 0.3) is 10.9 Å². The van der Waals surface area contributed by atoms with E-state index in [0.717, 1.165) is 45.8 Å². The number of hydrogen-bond acceptors (Lipinski definition) is 7. The van der Waals surface area contributed by atoms with Gasteiger partial charge in [-0.1, -0.05) is 0 Å². The largest absolute Gasteiger partial charge is 0.388 e. The van der Waals surface area contributed by atoms with E-state index >= 15 is 0 Å².